The summed E-state index contributed by atoms with van der Waals surface area (Å²) >= 11 is 0. The number of anilines is 1. The molecule has 0 saturated carbocycles. The maximum atomic E-state index is 6.49. The Morgan fingerprint density at radius 2 is 1.72 bits per heavy atom. The van der Waals surface area contributed by atoms with Crippen molar-refractivity contribution < 1.29 is 8.83 Å². The van der Waals surface area contributed by atoms with Crippen LogP contribution in [0.3, 0.4) is 0 Å². The van der Waals surface area contributed by atoms with E-state index in [1.807, 2.05) is 6.07 Å². The number of allylic oxidation sites excluding steroid dienone is 3. The minimum Gasteiger partial charge on any atom is -0.456 e. The molecule has 3 nitrogen and oxygen atoms in total. The molecule has 0 saturated heterocycles. The minimum atomic E-state index is 0.297. The van der Waals surface area contributed by atoms with Crippen molar-refractivity contribution >= 4 is 45.9 Å². The van der Waals surface area contributed by atoms with Gasteiger partial charge in [0, 0.05) is 50.8 Å². The Labute approximate surface area is 267 Å². The number of furan rings is 2. The van der Waals surface area contributed by atoms with Crippen LogP contribution in [0.5, 0.6) is 0 Å². The largest absolute Gasteiger partial charge is 0.456 e. The zero-order valence-electron chi connectivity index (χ0n) is 25.6. The van der Waals surface area contributed by atoms with Crippen LogP contribution < -0.4 is 15.5 Å². The lowest BCUT2D eigenvalue weighted by molar-refractivity contribution is 0.570. The van der Waals surface area contributed by atoms with Gasteiger partial charge in [0.15, 0.2) is 0 Å². The average molecular weight is 596 g/mol. The Morgan fingerprint density at radius 3 is 2.67 bits per heavy atom. The second-order valence-corrected chi connectivity index (χ2v) is 13.0. The number of hydrogen-bond donors (Lipinski definition) is 0. The molecule has 3 aliphatic carbocycles. The summed E-state index contributed by atoms with van der Waals surface area (Å²) in [5.74, 6) is 1.31. The van der Waals surface area contributed by atoms with Crippen molar-refractivity contribution in [3.8, 4) is 22.3 Å². The van der Waals surface area contributed by atoms with Gasteiger partial charge in [0.2, 0.25) is 0 Å². The molecule has 2 unspecified atom stereocenters. The highest BCUT2D eigenvalue weighted by atomic mass is 16.3. The summed E-state index contributed by atoms with van der Waals surface area (Å²) in [6, 6.07) is 29.6. The summed E-state index contributed by atoms with van der Waals surface area (Å²) < 4.78 is 12.7. The van der Waals surface area contributed by atoms with Crippen molar-refractivity contribution in [1.29, 1.82) is 0 Å². The highest BCUT2D eigenvalue weighted by molar-refractivity contribution is 5.97. The fourth-order valence-electron chi connectivity index (χ4n) is 8.14. The number of para-hydroxylation sites is 2. The van der Waals surface area contributed by atoms with Crippen molar-refractivity contribution in [3.63, 3.8) is 0 Å². The molecular weight excluding hydrogens is 562 g/mol. The number of benzene rings is 4. The molecule has 4 aliphatic rings. The van der Waals surface area contributed by atoms with Gasteiger partial charge in [-0.1, -0.05) is 91.1 Å². The molecule has 0 amide bonds. The van der Waals surface area contributed by atoms with Crippen molar-refractivity contribution in [2.75, 3.05) is 4.90 Å². The SMILES string of the molecule is C1=CCC(N2Cc3cc(-c4cccc5c6c(oc45)C=CCC6)ccc3-c3cc(C4C=c5c(oc6ccccc56)=CC4)ccc32)C=C1. The Balaban J connectivity index is 1.10. The molecule has 10 rings (SSSR count). The lowest BCUT2D eigenvalue weighted by Crippen LogP contribution is -2.36. The van der Waals surface area contributed by atoms with Crippen molar-refractivity contribution in [1.82, 2.24) is 0 Å². The van der Waals surface area contributed by atoms with Crippen LogP contribution in [0.4, 0.5) is 5.69 Å². The molecule has 0 spiro atoms. The van der Waals surface area contributed by atoms with E-state index in [9.17, 15) is 0 Å². The first-order valence-electron chi connectivity index (χ1n) is 16.6. The van der Waals surface area contributed by atoms with Gasteiger partial charge < -0.3 is 13.7 Å². The monoisotopic (exact) mass is 595 g/mol. The van der Waals surface area contributed by atoms with E-state index in [4.69, 9.17) is 8.83 Å². The average Bonchev–Trinajstić information content (AvgIpc) is 3.69. The maximum absolute atomic E-state index is 6.49. The lowest BCUT2D eigenvalue weighted by Gasteiger charge is -2.38. The fraction of sp³-hybridized carbons (Fsp3) is 0.163. The van der Waals surface area contributed by atoms with E-state index in [-0.39, 0.29) is 0 Å². The Morgan fingerprint density at radius 1 is 0.761 bits per heavy atom. The second-order valence-electron chi connectivity index (χ2n) is 13.0. The first-order valence-corrected chi connectivity index (χ1v) is 16.6. The topological polar surface area (TPSA) is 29.5 Å². The minimum absolute atomic E-state index is 0.297. The van der Waals surface area contributed by atoms with Crippen LogP contribution in [0.2, 0.25) is 0 Å². The first kappa shape index (κ1) is 26.0. The van der Waals surface area contributed by atoms with Gasteiger partial charge in [0.1, 0.15) is 22.3 Å². The van der Waals surface area contributed by atoms with Crippen LogP contribution in [0.15, 0.2) is 118 Å². The van der Waals surface area contributed by atoms with E-state index in [2.05, 4.69) is 126 Å². The van der Waals surface area contributed by atoms with E-state index in [1.54, 1.807) is 0 Å². The fourth-order valence-corrected chi connectivity index (χ4v) is 8.14. The molecule has 0 bridgehead atoms. The molecule has 6 aromatic rings. The van der Waals surface area contributed by atoms with Crippen molar-refractivity contribution in [2.24, 2.45) is 0 Å². The van der Waals surface area contributed by atoms with Crippen LogP contribution in [0, 0.1) is 0 Å². The summed E-state index contributed by atoms with van der Waals surface area (Å²) in [5.41, 5.74) is 13.4. The van der Waals surface area contributed by atoms with Crippen LogP contribution in [-0.2, 0) is 13.0 Å². The second kappa shape index (κ2) is 10.1. The molecule has 0 N–H and O–H groups in total. The van der Waals surface area contributed by atoms with Gasteiger partial charge in [-0.2, -0.15) is 0 Å². The molecule has 3 heteroatoms. The van der Waals surface area contributed by atoms with E-state index in [1.165, 1.54) is 60.6 Å². The molecule has 0 radical (unpaired) electrons. The van der Waals surface area contributed by atoms with Gasteiger partial charge >= 0.3 is 0 Å². The predicted molar refractivity (Wildman–Crippen MR) is 189 cm³/mol. The predicted octanol–water partition coefficient (Wildman–Crippen LogP) is 9.43. The van der Waals surface area contributed by atoms with Gasteiger partial charge in [0.25, 0.3) is 0 Å². The Bertz CT molecular complexity index is 2430. The smallest absolute Gasteiger partial charge is 0.142 e. The van der Waals surface area contributed by atoms with Gasteiger partial charge in [-0.05, 0) is 84.4 Å². The molecule has 2 atom stereocenters. The van der Waals surface area contributed by atoms with Gasteiger partial charge in [0.05, 0.1) is 6.04 Å². The number of nitrogens with zero attached hydrogens (tertiary/aromatic N) is 1. The van der Waals surface area contributed by atoms with Crippen LogP contribution in [0.1, 0.15) is 47.6 Å². The third-order valence-corrected chi connectivity index (χ3v) is 10.4. The maximum Gasteiger partial charge on any atom is 0.142 e. The van der Waals surface area contributed by atoms with Crippen LogP contribution >= 0.6 is 0 Å². The molecule has 3 heterocycles. The molecule has 2 aromatic heterocycles. The summed E-state index contributed by atoms with van der Waals surface area (Å²) in [6.07, 6.45) is 22.1. The van der Waals surface area contributed by atoms with Crippen molar-refractivity contribution in [2.45, 2.75) is 44.2 Å². The number of aryl methyl sites for hydroxylation is 1. The third-order valence-electron chi connectivity index (χ3n) is 10.4. The molecule has 1 aliphatic heterocycles. The molecule has 0 fully saturated rings. The highest BCUT2D eigenvalue weighted by Crippen LogP contribution is 2.45. The summed E-state index contributed by atoms with van der Waals surface area (Å²) in [7, 11) is 0. The molecule has 46 heavy (non-hydrogen) atoms. The zero-order chi connectivity index (χ0) is 30.2. The van der Waals surface area contributed by atoms with Gasteiger partial charge in [-0.25, -0.2) is 0 Å². The number of hydrogen-bond acceptors (Lipinski definition) is 3. The summed E-state index contributed by atoms with van der Waals surface area (Å²) in [5, 5.41) is 3.67. The zero-order valence-corrected chi connectivity index (χ0v) is 25.6. The molecule has 4 aromatic carbocycles. The Hall–Kier alpha value is -5.28. The molecule has 222 valence electrons. The lowest BCUT2D eigenvalue weighted by atomic mass is 9.85. The van der Waals surface area contributed by atoms with Gasteiger partial charge in [-0.15, -0.1) is 0 Å². The quantitative estimate of drug-likeness (QED) is 0.204. The van der Waals surface area contributed by atoms with E-state index >= 15 is 0 Å². The Kier molecular flexibility index (Phi) is 5.72. The van der Waals surface area contributed by atoms with Crippen LogP contribution in [-0.4, -0.2) is 6.04 Å². The van der Waals surface area contributed by atoms with Crippen molar-refractivity contribution in [3.05, 3.63) is 142 Å². The number of rotatable bonds is 3. The molecular formula is C43H33NO2. The summed E-state index contributed by atoms with van der Waals surface area (Å²) in [4.78, 5) is 2.60. The number of fused-ring (bicyclic) bond motifs is 9. The first-order chi connectivity index (χ1) is 22.8. The van der Waals surface area contributed by atoms with Crippen LogP contribution in [0.25, 0.3) is 62.4 Å². The van der Waals surface area contributed by atoms with E-state index in [0.717, 1.165) is 54.6 Å². The van der Waals surface area contributed by atoms with E-state index in [0.29, 0.717) is 12.0 Å². The summed E-state index contributed by atoms with van der Waals surface area (Å²) in [6.45, 7) is 0.874. The van der Waals surface area contributed by atoms with Gasteiger partial charge in [-0.3, -0.25) is 0 Å². The standard InChI is InChI=1S/C43H33NO2/c1-2-9-31(10-3-1)44-26-30-23-29(33-13-8-14-36-34-11-4-7-16-41(34)46-43(33)36)17-20-32(30)37-24-27(18-21-39(37)44)28-19-22-42-38(25-28)35-12-5-6-15-40(35)45-42/h1-3,5-9,12-18,20-25,28,31H,4,10-11,19,26H2. The normalized spacial score (nSPS) is 19.3. The third kappa shape index (κ3) is 3.98. The highest BCUT2D eigenvalue weighted by Gasteiger charge is 2.28. The van der Waals surface area contributed by atoms with E-state index < -0.39 is 0 Å².